The third-order valence-electron chi connectivity index (χ3n) is 2.19. The zero-order valence-electron chi connectivity index (χ0n) is 10.2. The molecule has 0 amide bonds. The van der Waals surface area contributed by atoms with Crippen LogP contribution in [0.5, 0.6) is 0 Å². The highest BCUT2D eigenvalue weighted by Crippen LogP contribution is 2.16. The van der Waals surface area contributed by atoms with Crippen LogP contribution >= 0.6 is 0 Å². The third kappa shape index (κ3) is 3.28. The van der Waals surface area contributed by atoms with Crippen LogP contribution in [0.4, 0.5) is 5.95 Å². The molecule has 0 saturated carbocycles. The standard InChI is InChI=1S/C12H10N4O3S/c17-9-3-5-10-4-1-2-6-11(10)20(18,19)16-12-13-7-8-14-15-12/h1-2,4,6-8,17H,9H2,(H,13,15,16). The molecule has 0 aliphatic rings. The second-order valence-corrected chi connectivity index (χ2v) is 5.18. The molecule has 8 heteroatoms. The van der Waals surface area contributed by atoms with Crippen LogP contribution in [0.15, 0.2) is 41.6 Å². The Balaban J connectivity index is 2.40. The van der Waals surface area contributed by atoms with Gasteiger partial charge in [0.2, 0.25) is 0 Å². The molecule has 1 aromatic heterocycles. The van der Waals surface area contributed by atoms with Gasteiger partial charge >= 0.3 is 0 Å². The molecule has 0 fully saturated rings. The Labute approximate surface area is 115 Å². The van der Waals surface area contributed by atoms with Crippen LogP contribution in [0.2, 0.25) is 0 Å². The van der Waals surface area contributed by atoms with Crippen molar-refractivity contribution in [3.05, 3.63) is 42.2 Å². The fraction of sp³-hybridized carbons (Fsp3) is 0.0833. The van der Waals surface area contributed by atoms with Gasteiger partial charge in [-0.2, -0.15) is 5.10 Å². The average Bonchev–Trinajstić information content (AvgIpc) is 2.46. The van der Waals surface area contributed by atoms with Crippen LogP contribution in [0.25, 0.3) is 0 Å². The lowest BCUT2D eigenvalue weighted by Gasteiger charge is -2.07. The molecule has 0 bridgehead atoms. The van der Waals surface area contributed by atoms with Crippen molar-refractivity contribution in [2.24, 2.45) is 0 Å². The molecular weight excluding hydrogens is 280 g/mol. The minimum absolute atomic E-state index is 0.0200. The van der Waals surface area contributed by atoms with E-state index in [4.69, 9.17) is 5.11 Å². The van der Waals surface area contributed by atoms with Gasteiger partial charge in [-0.15, -0.1) is 5.10 Å². The highest BCUT2D eigenvalue weighted by Gasteiger charge is 2.18. The highest BCUT2D eigenvalue weighted by molar-refractivity contribution is 7.92. The monoisotopic (exact) mass is 290 g/mol. The van der Waals surface area contributed by atoms with Gasteiger partial charge in [0.05, 0.1) is 12.4 Å². The van der Waals surface area contributed by atoms with E-state index in [0.717, 1.165) is 0 Å². The van der Waals surface area contributed by atoms with Gasteiger partial charge in [0.25, 0.3) is 16.0 Å². The summed E-state index contributed by atoms with van der Waals surface area (Å²) in [4.78, 5) is 3.72. The molecule has 2 aromatic rings. The Kier molecular flexibility index (Phi) is 4.24. The number of aliphatic hydroxyl groups is 1. The van der Waals surface area contributed by atoms with Crippen LogP contribution < -0.4 is 4.72 Å². The summed E-state index contributed by atoms with van der Waals surface area (Å²) in [5.41, 5.74) is 0.276. The van der Waals surface area contributed by atoms with Gasteiger partial charge in [-0.1, -0.05) is 24.0 Å². The molecule has 1 aromatic carbocycles. The summed E-state index contributed by atoms with van der Waals surface area (Å²) in [6, 6.07) is 6.17. The summed E-state index contributed by atoms with van der Waals surface area (Å²) >= 11 is 0. The zero-order chi connectivity index (χ0) is 14.4. The predicted molar refractivity (Wildman–Crippen MR) is 71.0 cm³/mol. The van der Waals surface area contributed by atoms with Crippen molar-refractivity contribution in [1.29, 1.82) is 0 Å². The van der Waals surface area contributed by atoms with E-state index in [0.29, 0.717) is 0 Å². The fourth-order valence-electron chi connectivity index (χ4n) is 1.41. The van der Waals surface area contributed by atoms with E-state index >= 15 is 0 Å². The van der Waals surface area contributed by atoms with Crippen LogP contribution in [-0.2, 0) is 10.0 Å². The SMILES string of the molecule is O=S(=O)(Nc1nccnn1)c1ccccc1C#CCO. The van der Waals surface area contributed by atoms with E-state index in [2.05, 4.69) is 31.7 Å². The number of aromatic nitrogens is 3. The lowest BCUT2D eigenvalue weighted by Crippen LogP contribution is -2.16. The van der Waals surface area contributed by atoms with Crippen molar-refractivity contribution in [3.8, 4) is 11.8 Å². The topological polar surface area (TPSA) is 105 Å². The zero-order valence-corrected chi connectivity index (χ0v) is 11.0. The normalized spacial score (nSPS) is 10.4. The van der Waals surface area contributed by atoms with Crippen molar-refractivity contribution in [3.63, 3.8) is 0 Å². The molecule has 7 nitrogen and oxygen atoms in total. The maximum Gasteiger partial charge on any atom is 0.265 e. The van der Waals surface area contributed by atoms with Gasteiger partial charge in [0.15, 0.2) is 0 Å². The Morgan fingerprint density at radius 2 is 2.05 bits per heavy atom. The first kappa shape index (κ1) is 13.9. The van der Waals surface area contributed by atoms with E-state index in [1.54, 1.807) is 18.2 Å². The van der Waals surface area contributed by atoms with Gasteiger partial charge in [-0.05, 0) is 12.1 Å². The smallest absolute Gasteiger partial charge is 0.265 e. The van der Waals surface area contributed by atoms with Crippen molar-refractivity contribution in [1.82, 2.24) is 15.2 Å². The number of rotatable bonds is 3. The molecule has 1 heterocycles. The molecule has 2 N–H and O–H groups in total. The second kappa shape index (κ2) is 6.10. The summed E-state index contributed by atoms with van der Waals surface area (Å²) < 4.78 is 26.7. The van der Waals surface area contributed by atoms with Crippen molar-refractivity contribution in [2.75, 3.05) is 11.3 Å². The molecule has 2 rings (SSSR count). The molecule has 0 atom stereocenters. The maximum absolute atomic E-state index is 12.2. The second-order valence-electron chi connectivity index (χ2n) is 3.53. The number of hydrogen-bond acceptors (Lipinski definition) is 6. The lowest BCUT2D eigenvalue weighted by atomic mass is 10.2. The number of aliphatic hydroxyl groups excluding tert-OH is 1. The minimum Gasteiger partial charge on any atom is -0.384 e. The van der Waals surface area contributed by atoms with Gasteiger partial charge < -0.3 is 5.11 Å². The number of sulfonamides is 1. The predicted octanol–water partition coefficient (Wildman–Crippen LogP) is 0.0162. The van der Waals surface area contributed by atoms with Crippen LogP contribution in [0.1, 0.15) is 5.56 Å². The van der Waals surface area contributed by atoms with Gasteiger partial charge in [-0.25, -0.2) is 18.1 Å². The Morgan fingerprint density at radius 1 is 1.25 bits per heavy atom. The van der Waals surface area contributed by atoms with Gasteiger partial charge in [0.1, 0.15) is 11.5 Å². The number of nitrogens with zero attached hydrogens (tertiary/aromatic N) is 3. The molecule has 0 spiro atoms. The Morgan fingerprint density at radius 3 is 2.75 bits per heavy atom. The number of benzene rings is 1. The van der Waals surface area contributed by atoms with E-state index in [9.17, 15) is 8.42 Å². The molecule has 20 heavy (non-hydrogen) atoms. The summed E-state index contributed by atoms with van der Waals surface area (Å²) in [6.07, 6.45) is 2.65. The van der Waals surface area contributed by atoms with Crippen molar-refractivity contribution in [2.45, 2.75) is 4.90 Å². The molecular formula is C12H10N4O3S. The van der Waals surface area contributed by atoms with E-state index in [1.165, 1.54) is 18.5 Å². The molecule has 0 unspecified atom stereocenters. The lowest BCUT2D eigenvalue weighted by molar-refractivity contribution is 0.350. The van der Waals surface area contributed by atoms with Crippen molar-refractivity contribution >= 4 is 16.0 Å². The van der Waals surface area contributed by atoms with Gasteiger partial charge in [0, 0.05) is 5.56 Å². The fourth-order valence-corrected chi connectivity index (χ4v) is 2.52. The summed E-state index contributed by atoms with van der Waals surface area (Å²) in [5.74, 6) is 4.86. The molecule has 0 aliphatic heterocycles. The largest absolute Gasteiger partial charge is 0.384 e. The van der Waals surface area contributed by atoms with E-state index in [-0.39, 0.29) is 23.0 Å². The molecule has 102 valence electrons. The minimum atomic E-state index is -3.87. The Hall–Kier alpha value is -2.50. The average molecular weight is 290 g/mol. The first-order chi connectivity index (χ1) is 9.63. The molecule has 0 aliphatic carbocycles. The third-order valence-corrected chi connectivity index (χ3v) is 3.57. The first-order valence-corrected chi connectivity index (χ1v) is 6.97. The quantitative estimate of drug-likeness (QED) is 0.772. The summed E-state index contributed by atoms with van der Waals surface area (Å²) in [7, 11) is -3.87. The first-order valence-electron chi connectivity index (χ1n) is 5.49. The molecule has 0 saturated heterocycles. The summed E-state index contributed by atoms with van der Waals surface area (Å²) in [6.45, 7) is -0.354. The number of hydrogen-bond donors (Lipinski definition) is 2. The van der Waals surface area contributed by atoms with E-state index < -0.39 is 10.0 Å². The van der Waals surface area contributed by atoms with Crippen molar-refractivity contribution < 1.29 is 13.5 Å². The number of nitrogens with one attached hydrogen (secondary N) is 1. The Bertz CT molecular complexity index is 751. The maximum atomic E-state index is 12.2. The summed E-state index contributed by atoms with van der Waals surface area (Å²) in [5, 5.41) is 15.8. The van der Waals surface area contributed by atoms with E-state index in [1.807, 2.05) is 0 Å². The van der Waals surface area contributed by atoms with Crippen LogP contribution in [-0.4, -0.2) is 35.3 Å². The highest BCUT2D eigenvalue weighted by atomic mass is 32.2. The van der Waals surface area contributed by atoms with Crippen LogP contribution in [0, 0.1) is 11.8 Å². The van der Waals surface area contributed by atoms with Gasteiger partial charge in [-0.3, -0.25) is 0 Å². The number of anilines is 1. The molecule has 0 radical (unpaired) electrons. The van der Waals surface area contributed by atoms with Crippen LogP contribution in [0.3, 0.4) is 0 Å².